The predicted octanol–water partition coefficient (Wildman–Crippen LogP) is 1.52. The molecule has 5 nitrogen and oxygen atoms in total. The standard InChI is InChI=1S/C12H19NO4S/c1-10-5-6-12(17-2)11(9-10)13-18(15,16)8-4-3-7-14/h5-6,9,13-14H,3-4,7-8H2,1-2H3. The molecule has 0 aliphatic carbocycles. The topological polar surface area (TPSA) is 75.6 Å². The highest BCUT2D eigenvalue weighted by Crippen LogP contribution is 2.26. The summed E-state index contributed by atoms with van der Waals surface area (Å²) in [5.74, 6) is 0.483. The number of rotatable bonds is 7. The van der Waals surface area contributed by atoms with Crippen LogP contribution in [0.25, 0.3) is 0 Å². The third-order valence-corrected chi connectivity index (χ3v) is 3.80. The third kappa shape index (κ3) is 4.54. The molecule has 0 unspecified atom stereocenters. The summed E-state index contributed by atoms with van der Waals surface area (Å²) in [6.07, 6.45) is 0.909. The van der Waals surface area contributed by atoms with Crippen molar-refractivity contribution in [3.8, 4) is 5.75 Å². The van der Waals surface area contributed by atoms with Crippen molar-refractivity contribution in [2.75, 3.05) is 24.2 Å². The Morgan fingerprint density at radius 3 is 2.67 bits per heavy atom. The maximum Gasteiger partial charge on any atom is 0.232 e. The molecule has 0 saturated heterocycles. The summed E-state index contributed by atoms with van der Waals surface area (Å²) in [6.45, 7) is 1.88. The maximum absolute atomic E-state index is 11.8. The van der Waals surface area contributed by atoms with Crippen molar-refractivity contribution in [2.24, 2.45) is 0 Å². The van der Waals surface area contributed by atoms with E-state index in [1.165, 1.54) is 7.11 Å². The molecule has 0 heterocycles. The van der Waals surface area contributed by atoms with Crippen LogP contribution < -0.4 is 9.46 Å². The number of aliphatic hydroxyl groups is 1. The largest absolute Gasteiger partial charge is 0.495 e. The summed E-state index contributed by atoms with van der Waals surface area (Å²) in [6, 6.07) is 5.30. The second-order valence-electron chi connectivity index (χ2n) is 4.06. The highest BCUT2D eigenvalue weighted by atomic mass is 32.2. The van der Waals surface area contributed by atoms with E-state index >= 15 is 0 Å². The molecule has 1 aromatic rings. The van der Waals surface area contributed by atoms with Crippen LogP contribution in [0, 0.1) is 6.92 Å². The number of benzene rings is 1. The van der Waals surface area contributed by atoms with Gasteiger partial charge in [-0.15, -0.1) is 0 Å². The molecule has 0 bridgehead atoms. The number of hydrogen-bond acceptors (Lipinski definition) is 4. The minimum atomic E-state index is -3.40. The molecular formula is C12H19NO4S. The Morgan fingerprint density at radius 2 is 2.06 bits per heavy atom. The highest BCUT2D eigenvalue weighted by molar-refractivity contribution is 7.92. The van der Waals surface area contributed by atoms with Crippen LogP contribution in [0.15, 0.2) is 18.2 Å². The summed E-state index contributed by atoms with van der Waals surface area (Å²) in [7, 11) is -1.90. The average Bonchev–Trinajstić information content (AvgIpc) is 2.29. The monoisotopic (exact) mass is 273 g/mol. The van der Waals surface area contributed by atoms with Gasteiger partial charge in [-0.25, -0.2) is 8.42 Å². The van der Waals surface area contributed by atoms with E-state index in [2.05, 4.69) is 4.72 Å². The van der Waals surface area contributed by atoms with Gasteiger partial charge in [-0.05, 0) is 37.5 Å². The lowest BCUT2D eigenvalue weighted by Crippen LogP contribution is -2.17. The van der Waals surface area contributed by atoms with Crippen molar-refractivity contribution < 1.29 is 18.3 Å². The number of sulfonamides is 1. The van der Waals surface area contributed by atoms with E-state index in [9.17, 15) is 8.42 Å². The molecule has 1 aromatic carbocycles. The first-order chi connectivity index (χ1) is 8.48. The summed E-state index contributed by atoms with van der Waals surface area (Å²) in [4.78, 5) is 0. The van der Waals surface area contributed by atoms with Gasteiger partial charge in [0.2, 0.25) is 10.0 Å². The summed E-state index contributed by atoms with van der Waals surface area (Å²) >= 11 is 0. The van der Waals surface area contributed by atoms with Gasteiger partial charge in [0.25, 0.3) is 0 Å². The number of nitrogens with one attached hydrogen (secondary N) is 1. The van der Waals surface area contributed by atoms with Crippen LogP contribution in [0.4, 0.5) is 5.69 Å². The Morgan fingerprint density at radius 1 is 1.33 bits per heavy atom. The van der Waals surface area contributed by atoms with E-state index in [1.807, 2.05) is 13.0 Å². The zero-order valence-corrected chi connectivity index (χ0v) is 11.5. The van der Waals surface area contributed by atoms with Gasteiger partial charge in [-0.1, -0.05) is 6.07 Å². The molecule has 18 heavy (non-hydrogen) atoms. The number of unbranched alkanes of at least 4 members (excludes halogenated alkanes) is 1. The van der Waals surface area contributed by atoms with Gasteiger partial charge in [0.05, 0.1) is 18.6 Å². The van der Waals surface area contributed by atoms with Crippen LogP contribution in [0.5, 0.6) is 5.75 Å². The fraction of sp³-hybridized carbons (Fsp3) is 0.500. The number of aliphatic hydroxyl groups excluding tert-OH is 1. The lowest BCUT2D eigenvalue weighted by atomic mass is 10.2. The van der Waals surface area contributed by atoms with Crippen LogP contribution in [-0.2, 0) is 10.0 Å². The van der Waals surface area contributed by atoms with Gasteiger partial charge < -0.3 is 9.84 Å². The molecule has 0 saturated carbocycles. The van der Waals surface area contributed by atoms with Crippen molar-refractivity contribution in [2.45, 2.75) is 19.8 Å². The zero-order chi connectivity index (χ0) is 13.6. The van der Waals surface area contributed by atoms with Crippen molar-refractivity contribution in [1.29, 1.82) is 0 Å². The van der Waals surface area contributed by atoms with Crippen molar-refractivity contribution in [3.05, 3.63) is 23.8 Å². The molecule has 0 fully saturated rings. The van der Waals surface area contributed by atoms with Crippen LogP contribution in [-0.4, -0.2) is 33.0 Å². The predicted molar refractivity (Wildman–Crippen MR) is 71.5 cm³/mol. The Balaban J connectivity index is 2.79. The van der Waals surface area contributed by atoms with Crippen LogP contribution in [0.1, 0.15) is 18.4 Å². The minimum Gasteiger partial charge on any atom is -0.495 e. The summed E-state index contributed by atoms with van der Waals surface area (Å²) < 4.78 is 31.2. The molecular weight excluding hydrogens is 254 g/mol. The fourth-order valence-corrected chi connectivity index (χ4v) is 2.70. The first-order valence-electron chi connectivity index (χ1n) is 5.74. The Labute approximate surface area is 108 Å². The second kappa shape index (κ2) is 6.61. The normalized spacial score (nSPS) is 11.3. The van der Waals surface area contributed by atoms with Gasteiger partial charge in [0.15, 0.2) is 0 Å². The lowest BCUT2D eigenvalue weighted by molar-refractivity contribution is 0.287. The first-order valence-corrected chi connectivity index (χ1v) is 7.40. The number of anilines is 1. The van der Waals surface area contributed by atoms with E-state index in [1.54, 1.807) is 12.1 Å². The summed E-state index contributed by atoms with van der Waals surface area (Å²) in [5, 5.41) is 8.64. The molecule has 6 heteroatoms. The second-order valence-corrected chi connectivity index (χ2v) is 5.90. The Kier molecular flexibility index (Phi) is 5.43. The van der Waals surface area contributed by atoms with E-state index < -0.39 is 10.0 Å². The Bertz CT molecular complexity index is 485. The molecule has 0 spiro atoms. The molecule has 1 rings (SSSR count). The van der Waals surface area contributed by atoms with Crippen molar-refractivity contribution >= 4 is 15.7 Å². The molecule has 102 valence electrons. The minimum absolute atomic E-state index is 0.00326. The third-order valence-electron chi connectivity index (χ3n) is 2.44. The van der Waals surface area contributed by atoms with Gasteiger partial charge in [-0.3, -0.25) is 4.72 Å². The van der Waals surface area contributed by atoms with Crippen LogP contribution in [0.2, 0.25) is 0 Å². The van der Waals surface area contributed by atoms with E-state index in [0.717, 1.165) is 5.56 Å². The lowest BCUT2D eigenvalue weighted by Gasteiger charge is -2.12. The number of ether oxygens (including phenoxy) is 1. The molecule has 0 atom stereocenters. The molecule has 0 radical (unpaired) electrons. The number of hydrogen-bond donors (Lipinski definition) is 2. The number of methoxy groups -OCH3 is 1. The Hall–Kier alpha value is -1.27. The zero-order valence-electron chi connectivity index (χ0n) is 10.6. The quantitative estimate of drug-likeness (QED) is 0.739. The molecule has 0 aliphatic heterocycles. The average molecular weight is 273 g/mol. The van der Waals surface area contributed by atoms with E-state index in [0.29, 0.717) is 24.3 Å². The van der Waals surface area contributed by atoms with E-state index in [4.69, 9.17) is 9.84 Å². The van der Waals surface area contributed by atoms with Crippen molar-refractivity contribution in [3.63, 3.8) is 0 Å². The van der Waals surface area contributed by atoms with E-state index in [-0.39, 0.29) is 12.4 Å². The first kappa shape index (κ1) is 14.8. The SMILES string of the molecule is COc1ccc(C)cc1NS(=O)(=O)CCCCO. The van der Waals surface area contributed by atoms with Gasteiger partial charge in [-0.2, -0.15) is 0 Å². The van der Waals surface area contributed by atoms with Gasteiger partial charge >= 0.3 is 0 Å². The van der Waals surface area contributed by atoms with Gasteiger partial charge in [0, 0.05) is 6.61 Å². The summed E-state index contributed by atoms with van der Waals surface area (Å²) in [5.41, 5.74) is 1.39. The maximum atomic E-state index is 11.8. The van der Waals surface area contributed by atoms with Gasteiger partial charge in [0.1, 0.15) is 5.75 Å². The van der Waals surface area contributed by atoms with Crippen LogP contribution >= 0.6 is 0 Å². The molecule has 0 aromatic heterocycles. The molecule has 2 N–H and O–H groups in total. The fourth-order valence-electron chi connectivity index (χ4n) is 1.52. The molecule has 0 amide bonds. The molecule has 0 aliphatic rings. The van der Waals surface area contributed by atoms with Crippen LogP contribution in [0.3, 0.4) is 0 Å². The number of aryl methyl sites for hydroxylation is 1. The smallest absolute Gasteiger partial charge is 0.232 e. The van der Waals surface area contributed by atoms with Crippen molar-refractivity contribution in [1.82, 2.24) is 0 Å². The highest BCUT2D eigenvalue weighted by Gasteiger charge is 2.13.